The molecule has 3 rings (SSSR count). The van der Waals surface area contributed by atoms with E-state index in [4.69, 9.17) is 9.47 Å². The van der Waals surface area contributed by atoms with Gasteiger partial charge < -0.3 is 14.6 Å². The number of rotatable bonds is 12. The fraction of sp³-hybridized carbons (Fsp3) is 0.357. The smallest absolute Gasteiger partial charge is 0.188 e. The largest absolute Gasteiger partial charge is 0.468 e. The highest BCUT2D eigenvalue weighted by atomic mass is 16.7. The Labute approximate surface area is 195 Å². The van der Waals surface area contributed by atoms with Gasteiger partial charge in [-0.05, 0) is 66.3 Å². The van der Waals surface area contributed by atoms with Crippen molar-refractivity contribution in [3.05, 3.63) is 77.4 Å². The topological polar surface area (TPSA) is 72.8 Å². The van der Waals surface area contributed by atoms with Crippen LogP contribution in [0.25, 0.3) is 12.2 Å². The van der Waals surface area contributed by atoms with Crippen LogP contribution in [-0.4, -0.2) is 30.6 Å². The van der Waals surface area contributed by atoms with Crippen LogP contribution >= 0.6 is 0 Å². The molecule has 1 unspecified atom stereocenters. The second kappa shape index (κ2) is 11.7. The maximum atomic E-state index is 13.3. The van der Waals surface area contributed by atoms with Crippen molar-refractivity contribution in [1.82, 2.24) is 0 Å². The van der Waals surface area contributed by atoms with E-state index in [0.717, 1.165) is 36.0 Å². The summed E-state index contributed by atoms with van der Waals surface area (Å²) in [5.41, 5.74) is 1.29. The Hall–Kier alpha value is -3.02. The van der Waals surface area contributed by atoms with E-state index in [9.17, 15) is 14.7 Å². The second-order valence-corrected chi connectivity index (χ2v) is 8.75. The molecule has 1 fully saturated rings. The molecule has 2 aromatic carbocycles. The predicted molar refractivity (Wildman–Crippen MR) is 129 cm³/mol. The zero-order valence-corrected chi connectivity index (χ0v) is 19.3. The number of aliphatic hydroxyl groups excluding tert-OH is 1. The van der Waals surface area contributed by atoms with E-state index in [-0.39, 0.29) is 25.0 Å². The molecule has 0 radical (unpaired) electrons. The van der Waals surface area contributed by atoms with Crippen molar-refractivity contribution in [2.45, 2.75) is 39.2 Å². The van der Waals surface area contributed by atoms with Crippen LogP contribution in [0.4, 0.5) is 0 Å². The number of aliphatic hydroxyl groups is 1. The molecule has 0 spiro atoms. The Morgan fingerprint density at radius 1 is 1.03 bits per heavy atom. The van der Waals surface area contributed by atoms with Gasteiger partial charge in [0.1, 0.15) is 5.75 Å². The van der Waals surface area contributed by atoms with Crippen LogP contribution in [0.3, 0.4) is 0 Å². The van der Waals surface area contributed by atoms with E-state index < -0.39 is 5.41 Å². The molecule has 0 amide bonds. The third-order valence-corrected chi connectivity index (χ3v) is 6.20. The molecule has 0 heterocycles. The van der Waals surface area contributed by atoms with Gasteiger partial charge in [0.15, 0.2) is 18.4 Å². The first kappa shape index (κ1) is 24.6. The molecule has 33 heavy (non-hydrogen) atoms. The van der Waals surface area contributed by atoms with E-state index in [1.807, 2.05) is 48.5 Å². The number of allylic oxidation sites excluding steroid dienone is 2. The third-order valence-electron chi connectivity index (χ3n) is 6.20. The molecule has 0 aliphatic heterocycles. The van der Waals surface area contributed by atoms with Gasteiger partial charge in [0.05, 0.1) is 12.0 Å². The second-order valence-electron chi connectivity index (χ2n) is 8.75. The van der Waals surface area contributed by atoms with Gasteiger partial charge in [-0.2, -0.15) is 0 Å². The first-order valence-electron chi connectivity index (χ1n) is 11.3. The average molecular weight is 449 g/mol. The van der Waals surface area contributed by atoms with E-state index >= 15 is 0 Å². The predicted octanol–water partition coefficient (Wildman–Crippen LogP) is 5.22. The Balaban J connectivity index is 1.78. The fourth-order valence-corrected chi connectivity index (χ4v) is 3.94. The monoisotopic (exact) mass is 448 g/mol. The van der Waals surface area contributed by atoms with Gasteiger partial charge in [0.2, 0.25) is 0 Å². The minimum absolute atomic E-state index is 0.0595. The Kier molecular flexibility index (Phi) is 8.75. The summed E-state index contributed by atoms with van der Waals surface area (Å²) in [7, 11) is 1.56. The number of methoxy groups -OCH3 is 1. The number of carbonyl (C=O) groups excluding carboxylic acids is 2. The molecule has 1 aliphatic carbocycles. The molecule has 0 bridgehead atoms. The van der Waals surface area contributed by atoms with Crippen molar-refractivity contribution in [3.8, 4) is 5.75 Å². The molecular formula is C28H32O5. The van der Waals surface area contributed by atoms with Crippen LogP contribution in [0, 0.1) is 11.3 Å². The van der Waals surface area contributed by atoms with Crippen LogP contribution in [-0.2, 0) is 20.9 Å². The average Bonchev–Trinajstić information content (AvgIpc) is 2.82. The molecule has 1 atom stereocenters. The summed E-state index contributed by atoms with van der Waals surface area (Å²) in [4.78, 5) is 26.6. The molecule has 1 aliphatic rings. The lowest BCUT2D eigenvalue weighted by molar-refractivity contribution is -0.135. The van der Waals surface area contributed by atoms with Gasteiger partial charge in [0, 0.05) is 7.11 Å². The summed E-state index contributed by atoms with van der Waals surface area (Å²) in [6.07, 6.45) is 10.3. The number of carbonyl (C=O) groups is 2. The number of ketones is 2. The van der Waals surface area contributed by atoms with Crippen molar-refractivity contribution in [1.29, 1.82) is 0 Å². The van der Waals surface area contributed by atoms with Gasteiger partial charge in [0.25, 0.3) is 0 Å². The highest BCUT2D eigenvalue weighted by molar-refractivity contribution is 6.17. The third kappa shape index (κ3) is 6.73. The molecule has 0 aromatic heterocycles. The van der Waals surface area contributed by atoms with Gasteiger partial charge in [-0.1, -0.05) is 61.7 Å². The van der Waals surface area contributed by atoms with Crippen molar-refractivity contribution in [2.75, 3.05) is 13.9 Å². The van der Waals surface area contributed by atoms with Crippen LogP contribution in [0.1, 0.15) is 49.3 Å². The number of hydrogen-bond acceptors (Lipinski definition) is 5. The van der Waals surface area contributed by atoms with E-state index in [0.29, 0.717) is 18.1 Å². The standard InChI is InChI=1S/C28H32O5/c1-28(18-23-8-4-9-23,26(30)14-12-21-6-3-10-24(16-21)19-29)27(31)15-13-22-7-5-11-25(17-22)33-20-32-2/h3,5-7,10-17,23,29H,4,8-9,18-20H2,1-2H3. The van der Waals surface area contributed by atoms with Crippen molar-refractivity contribution in [3.63, 3.8) is 0 Å². The Bertz CT molecular complexity index is 1020. The first-order valence-corrected chi connectivity index (χ1v) is 11.3. The SMILES string of the molecule is COCOc1cccc(C=CC(=O)C(C)(CC2CCC2)C(=O)C=Cc2cccc(CO)c2)c1. The molecule has 174 valence electrons. The Morgan fingerprint density at radius 2 is 1.67 bits per heavy atom. The van der Waals surface area contributed by atoms with Crippen molar-refractivity contribution < 1.29 is 24.2 Å². The highest BCUT2D eigenvalue weighted by Gasteiger charge is 2.41. The van der Waals surface area contributed by atoms with Gasteiger partial charge >= 0.3 is 0 Å². The summed E-state index contributed by atoms with van der Waals surface area (Å²) in [5, 5.41) is 9.33. The summed E-state index contributed by atoms with van der Waals surface area (Å²) in [6.45, 7) is 1.84. The van der Waals surface area contributed by atoms with Crippen LogP contribution < -0.4 is 4.74 Å². The van der Waals surface area contributed by atoms with E-state index in [1.54, 1.807) is 26.2 Å². The summed E-state index contributed by atoms with van der Waals surface area (Å²) in [5.74, 6) is 0.646. The first-order chi connectivity index (χ1) is 15.9. The minimum Gasteiger partial charge on any atom is -0.468 e. The number of hydrogen-bond donors (Lipinski definition) is 1. The maximum absolute atomic E-state index is 13.3. The van der Waals surface area contributed by atoms with E-state index in [2.05, 4.69) is 0 Å². The molecule has 1 N–H and O–H groups in total. The highest BCUT2D eigenvalue weighted by Crippen LogP contribution is 2.39. The maximum Gasteiger partial charge on any atom is 0.188 e. The van der Waals surface area contributed by atoms with Crippen molar-refractivity contribution in [2.24, 2.45) is 11.3 Å². The van der Waals surface area contributed by atoms with Gasteiger partial charge in [-0.15, -0.1) is 0 Å². The van der Waals surface area contributed by atoms with Crippen LogP contribution in [0.5, 0.6) is 5.75 Å². The molecular weight excluding hydrogens is 416 g/mol. The molecule has 0 saturated heterocycles. The number of ether oxygens (including phenoxy) is 2. The van der Waals surface area contributed by atoms with Crippen LogP contribution in [0.15, 0.2) is 60.7 Å². The minimum atomic E-state index is -1.11. The summed E-state index contributed by atoms with van der Waals surface area (Å²) in [6, 6.07) is 14.7. The zero-order valence-electron chi connectivity index (χ0n) is 19.3. The van der Waals surface area contributed by atoms with E-state index in [1.165, 1.54) is 12.2 Å². The van der Waals surface area contributed by atoms with Gasteiger partial charge in [-0.3, -0.25) is 9.59 Å². The molecule has 1 saturated carbocycles. The Morgan fingerprint density at radius 3 is 2.24 bits per heavy atom. The number of benzene rings is 2. The molecule has 5 heteroatoms. The lowest BCUT2D eigenvalue weighted by atomic mass is 9.68. The zero-order chi connectivity index (χ0) is 23.7. The van der Waals surface area contributed by atoms with Gasteiger partial charge in [-0.25, -0.2) is 0 Å². The molecule has 5 nitrogen and oxygen atoms in total. The quantitative estimate of drug-likeness (QED) is 0.274. The fourth-order valence-electron chi connectivity index (χ4n) is 3.94. The lowest BCUT2D eigenvalue weighted by Crippen LogP contribution is -2.37. The van der Waals surface area contributed by atoms with Crippen molar-refractivity contribution >= 4 is 23.7 Å². The summed E-state index contributed by atoms with van der Waals surface area (Å²) < 4.78 is 10.4. The lowest BCUT2D eigenvalue weighted by Gasteiger charge is -2.33. The normalized spacial score (nSPS) is 16.0. The molecule has 2 aromatic rings. The van der Waals surface area contributed by atoms with Crippen LogP contribution in [0.2, 0.25) is 0 Å². The summed E-state index contributed by atoms with van der Waals surface area (Å²) >= 11 is 0.